The molecule has 0 unspecified atom stereocenters. The molecule has 0 aliphatic heterocycles. The maximum absolute atomic E-state index is 5.55. The molecule has 2 rings (SSSR count). The molecule has 0 spiro atoms. The molecule has 0 atom stereocenters. The fourth-order valence-electron chi connectivity index (χ4n) is 1.32. The van der Waals surface area contributed by atoms with Gasteiger partial charge in [-0.2, -0.15) is 5.10 Å². The number of aromatic amines is 1. The number of H-pyrrole nitrogens is 1. The molecule has 3 N–H and O–H groups in total. The van der Waals surface area contributed by atoms with E-state index in [2.05, 4.69) is 38.3 Å². The predicted octanol–water partition coefficient (Wildman–Crippen LogP) is 3.14. The third kappa shape index (κ3) is 2.18. The molecule has 0 saturated carbocycles. The van der Waals surface area contributed by atoms with Crippen molar-refractivity contribution in [1.29, 1.82) is 0 Å². The lowest BCUT2D eigenvalue weighted by molar-refractivity contribution is 1.10. The number of nitrogen functional groups attached to an aromatic ring is 1. The Bertz CT molecular complexity index is 481. The normalized spacial score (nSPS) is 10.5. The summed E-state index contributed by atoms with van der Waals surface area (Å²) in [5.74, 6) is 0.509. The first-order chi connectivity index (χ1) is 7.20. The Labute approximate surface area is 101 Å². The van der Waals surface area contributed by atoms with Crippen molar-refractivity contribution in [3.63, 3.8) is 0 Å². The Hall–Kier alpha value is -0.940. The topological polar surface area (TPSA) is 54.7 Å². The number of nitrogens with two attached hydrogens (primary N) is 1. The Balaban J connectivity index is 2.42. The molecule has 1 heterocycles. The minimum atomic E-state index is 0.509. The van der Waals surface area contributed by atoms with Gasteiger partial charge in [0, 0.05) is 21.0 Å². The molecule has 78 valence electrons. The largest absolute Gasteiger partial charge is 0.382 e. The first-order valence-electron chi connectivity index (χ1n) is 4.35. The number of benzene rings is 1. The van der Waals surface area contributed by atoms with Crippen molar-refractivity contribution in [1.82, 2.24) is 10.2 Å². The Morgan fingerprint density at radius 3 is 2.73 bits per heavy atom. The van der Waals surface area contributed by atoms with Crippen molar-refractivity contribution in [3.05, 3.63) is 28.7 Å². The lowest BCUT2D eigenvalue weighted by Gasteiger charge is -2.03. The molecule has 2 aromatic rings. The van der Waals surface area contributed by atoms with E-state index in [0.717, 1.165) is 15.7 Å². The lowest BCUT2D eigenvalue weighted by Crippen LogP contribution is -1.81. The Kier molecular flexibility index (Phi) is 3.02. The zero-order valence-electron chi connectivity index (χ0n) is 8.12. The van der Waals surface area contributed by atoms with Crippen molar-refractivity contribution >= 4 is 33.5 Å². The third-order valence-electron chi connectivity index (χ3n) is 2.06. The van der Waals surface area contributed by atoms with Gasteiger partial charge in [-0.1, -0.05) is 6.07 Å². The van der Waals surface area contributed by atoms with Gasteiger partial charge in [0.25, 0.3) is 0 Å². The van der Waals surface area contributed by atoms with Gasteiger partial charge in [0.2, 0.25) is 0 Å². The molecular formula is C10H10BrN3S. The predicted molar refractivity (Wildman–Crippen MR) is 67.9 cm³/mol. The quantitative estimate of drug-likeness (QED) is 0.833. The monoisotopic (exact) mass is 283 g/mol. The summed E-state index contributed by atoms with van der Waals surface area (Å²) in [4.78, 5) is 1.21. The van der Waals surface area contributed by atoms with Crippen LogP contribution in [-0.2, 0) is 0 Å². The van der Waals surface area contributed by atoms with Gasteiger partial charge < -0.3 is 5.73 Å². The highest BCUT2D eigenvalue weighted by Crippen LogP contribution is 2.30. The summed E-state index contributed by atoms with van der Waals surface area (Å²) in [6.07, 6.45) is 2.05. The Morgan fingerprint density at radius 2 is 2.20 bits per heavy atom. The highest BCUT2D eigenvalue weighted by atomic mass is 79.9. The number of thioether (sulfide) groups is 1. The van der Waals surface area contributed by atoms with Gasteiger partial charge >= 0.3 is 0 Å². The van der Waals surface area contributed by atoms with Crippen LogP contribution in [0, 0.1) is 0 Å². The van der Waals surface area contributed by atoms with Gasteiger partial charge in [-0.05, 0) is 34.3 Å². The van der Waals surface area contributed by atoms with E-state index in [1.54, 1.807) is 11.8 Å². The van der Waals surface area contributed by atoms with Crippen LogP contribution in [0.3, 0.4) is 0 Å². The standard InChI is InChI=1S/C10H10BrN3S/c1-15-9-3-2-6(4-7(9)11)8-5-10(12)14-13-8/h2-5H,1H3,(H3,12,13,14). The number of hydrogen-bond acceptors (Lipinski definition) is 3. The summed E-state index contributed by atoms with van der Waals surface area (Å²) in [6, 6.07) is 7.99. The van der Waals surface area contributed by atoms with E-state index in [1.165, 1.54) is 4.90 Å². The van der Waals surface area contributed by atoms with Crippen molar-refractivity contribution in [2.75, 3.05) is 12.0 Å². The van der Waals surface area contributed by atoms with Crippen molar-refractivity contribution < 1.29 is 0 Å². The van der Waals surface area contributed by atoms with Crippen LogP contribution in [0.25, 0.3) is 11.3 Å². The van der Waals surface area contributed by atoms with Crippen LogP contribution < -0.4 is 5.73 Å². The van der Waals surface area contributed by atoms with Gasteiger partial charge in [-0.15, -0.1) is 11.8 Å². The van der Waals surface area contributed by atoms with Crippen molar-refractivity contribution in [3.8, 4) is 11.3 Å². The molecule has 5 heteroatoms. The molecule has 0 bridgehead atoms. The van der Waals surface area contributed by atoms with Crippen LogP contribution in [-0.4, -0.2) is 16.5 Å². The highest BCUT2D eigenvalue weighted by molar-refractivity contribution is 9.10. The van der Waals surface area contributed by atoms with E-state index in [-0.39, 0.29) is 0 Å². The second-order valence-electron chi connectivity index (χ2n) is 3.06. The van der Waals surface area contributed by atoms with E-state index in [0.29, 0.717) is 5.82 Å². The van der Waals surface area contributed by atoms with Gasteiger partial charge in [0.1, 0.15) is 5.82 Å². The number of anilines is 1. The SMILES string of the molecule is CSc1ccc(-c2cc(N)n[nH]2)cc1Br. The summed E-state index contributed by atoms with van der Waals surface area (Å²) in [5, 5.41) is 6.78. The smallest absolute Gasteiger partial charge is 0.145 e. The summed E-state index contributed by atoms with van der Waals surface area (Å²) >= 11 is 5.23. The molecule has 15 heavy (non-hydrogen) atoms. The minimum absolute atomic E-state index is 0.509. The summed E-state index contributed by atoms with van der Waals surface area (Å²) < 4.78 is 1.08. The van der Waals surface area contributed by atoms with E-state index in [4.69, 9.17) is 5.73 Å². The fourth-order valence-corrected chi connectivity index (χ4v) is 2.64. The molecule has 3 nitrogen and oxygen atoms in total. The van der Waals surface area contributed by atoms with Gasteiger partial charge in [-0.25, -0.2) is 0 Å². The molecule has 1 aromatic carbocycles. The summed E-state index contributed by atoms with van der Waals surface area (Å²) in [6.45, 7) is 0. The van der Waals surface area contributed by atoms with Crippen molar-refractivity contribution in [2.45, 2.75) is 4.90 Å². The Morgan fingerprint density at radius 1 is 1.40 bits per heavy atom. The second-order valence-corrected chi connectivity index (χ2v) is 4.76. The molecule has 0 fully saturated rings. The van der Waals surface area contributed by atoms with Crippen LogP contribution in [0.5, 0.6) is 0 Å². The van der Waals surface area contributed by atoms with Crippen LogP contribution in [0.2, 0.25) is 0 Å². The van der Waals surface area contributed by atoms with Crippen molar-refractivity contribution in [2.24, 2.45) is 0 Å². The number of rotatable bonds is 2. The number of nitrogens with one attached hydrogen (secondary N) is 1. The zero-order valence-corrected chi connectivity index (χ0v) is 10.5. The molecule has 0 saturated heterocycles. The highest BCUT2D eigenvalue weighted by Gasteiger charge is 2.04. The summed E-state index contributed by atoms with van der Waals surface area (Å²) in [7, 11) is 0. The van der Waals surface area contributed by atoms with Crippen LogP contribution in [0.1, 0.15) is 0 Å². The summed E-state index contributed by atoms with van der Waals surface area (Å²) in [5.41, 5.74) is 7.56. The minimum Gasteiger partial charge on any atom is -0.382 e. The molecule has 0 aliphatic carbocycles. The molecular weight excluding hydrogens is 274 g/mol. The van der Waals surface area contributed by atoms with Gasteiger partial charge in [0.05, 0.1) is 5.69 Å². The fraction of sp³-hybridized carbons (Fsp3) is 0.100. The van der Waals surface area contributed by atoms with E-state index in [1.807, 2.05) is 18.4 Å². The lowest BCUT2D eigenvalue weighted by atomic mass is 10.1. The molecule has 0 radical (unpaired) electrons. The maximum Gasteiger partial charge on any atom is 0.145 e. The maximum atomic E-state index is 5.55. The first kappa shape index (κ1) is 10.6. The molecule has 0 amide bonds. The van der Waals surface area contributed by atoms with Crippen LogP contribution >= 0.6 is 27.7 Å². The van der Waals surface area contributed by atoms with E-state index < -0.39 is 0 Å². The zero-order chi connectivity index (χ0) is 10.8. The molecule has 1 aromatic heterocycles. The third-order valence-corrected chi connectivity index (χ3v) is 3.77. The molecule has 0 aliphatic rings. The van der Waals surface area contributed by atoms with Gasteiger partial charge in [0.15, 0.2) is 0 Å². The van der Waals surface area contributed by atoms with Crippen LogP contribution in [0.15, 0.2) is 33.6 Å². The van der Waals surface area contributed by atoms with Gasteiger partial charge in [-0.3, -0.25) is 5.10 Å². The number of nitrogens with zero attached hydrogens (tertiary/aromatic N) is 1. The van der Waals surface area contributed by atoms with E-state index >= 15 is 0 Å². The average Bonchev–Trinajstić information content (AvgIpc) is 2.65. The number of aromatic nitrogens is 2. The second kappa shape index (κ2) is 4.28. The number of halogens is 1. The average molecular weight is 284 g/mol. The number of hydrogen-bond donors (Lipinski definition) is 2. The van der Waals surface area contributed by atoms with E-state index in [9.17, 15) is 0 Å². The van der Waals surface area contributed by atoms with Crippen LogP contribution in [0.4, 0.5) is 5.82 Å². The first-order valence-corrected chi connectivity index (χ1v) is 6.37.